The Morgan fingerprint density at radius 3 is 2.77 bits per heavy atom. The maximum absolute atomic E-state index is 13.0. The van der Waals surface area contributed by atoms with Gasteiger partial charge in [0.15, 0.2) is 0 Å². The molecule has 0 bridgehead atoms. The second-order valence-corrected chi connectivity index (χ2v) is 7.99. The molecule has 1 aromatic heterocycles. The number of pyridine rings is 1. The van der Waals surface area contributed by atoms with Crippen LogP contribution < -0.4 is 0 Å². The van der Waals surface area contributed by atoms with Gasteiger partial charge in [0.25, 0.3) is 5.91 Å². The van der Waals surface area contributed by atoms with E-state index in [1.54, 1.807) is 6.20 Å². The van der Waals surface area contributed by atoms with Crippen LogP contribution in [0.25, 0.3) is 10.8 Å². The summed E-state index contributed by atoms with van der Waals surface area (Å²) in [5, 5.41) is 1.99. The molecule has 136 valence electrons. The molecule has 1 spiro atoms. The van der Waals surface area contributed by atoms with Gasteiger partial charge in [-0.15, -0.1) is 0 Å². The standard InChI is InChI=1S/C21H25N3O2/c25-20(19-18-7-3-2-6-16(18)8-9-22-19)24-14-21(15-24)12-17(13-26-21)23-10-4-1-5-11-23/h2-3,6-9,17H,1,4-5,10-15H2. The van der Waals surface area contributed by atoms with Gasteiger partial charge < -0.3 is 9.64 Å². The first-order valence-corrected chi connectivity index (χ1v) is 9.75. The topological polar surface area (TPSA) is 45.7 Å². The maximum Gasteiger partial charge on any atom is 0.273 e. The summed E-state index contributed by atoms with van der Waals surface area (Å²) in [5.41, 5.74) is 0.436. The number of hydrogen-bond acceptors (Lipinski definition) is 4. The predicted molar refractivity (Wildman–Crippen MR) is 100 cm³/mol. The van der Waals surface area contributed by atoms with Gasteiger partial charge in [-0.2, -0.15) is 0 Å². The number of carbonyl (C=O) groups is 1. The number of carbonyl (C=O) groups excluding carboxylic acids is 1. The first kappa shape index (κ1) is 16.2. The number of nitrogens with zero attached hydrogens (tertiary/aromatic N) is 3. The van der Waals surface area contributed by atoms with E-state index in [-0.39, 0.29) is 11.5 Å². The van der Waals surface area contributed by atoms with Crippen LogP contribution in [-0.4, -0.2) is 65.1 Å². The molecule has 0 saturated carbocycles. The predicted octanol–water partition coefficient (Wildman–Crippen LogP) is 2.70. The molecule has 26 heavy (non-hydrogen) atoms. The van der Waals surface area contributed by atoms with E-state index in [1.807, 2.05) is 35.2 Å². The molecule has 0 radical (unpaired) electrons. The van der Waals surface area contributed by atoms with E-state index < -0.39 is 0 Å². The molecule has 0 aliphatic carbocycles. The lowest BCUT2D eigenvalue weighted by atomic mass is 9.88. The molecular weight excluding hydrogens is 326 g/mol. The lowest BCUT2D eigenvalue weighted by molar-refractivity contribution is -0.0951. The van der Waals surface area contributed by atoms with Crippen LogP contribution in [0.1, 0.15) is 36.2 Å². The molecule has 3 saturated heterocycles. The molecule has 3 aliphatic heterocycles. The third-order valence-corrected chi connectivity index (χ3v) is 6.22. The van der Waals surface area contributed by atoms with Crippen molar-refractivity contribution >= 4 is 16.7 Å². The quantitative estimate of drug-likeness (QED) is 0.835. The summed E-state index contributed by atoms with van der Waals surface area (Å²) in [6.07, 6.45) is 6.75. The van der Waals surface area contributed by atoms with Crippen molar-refractivity contribution in [1.82, 2.24) is 14.8 Å². The van der Waals surface area contributed by atoms with Crippen molar-refractivity contribution in [2.75, 3.05) is 32.8 Å². The largest absolute Gasteiger partial charge is 0.370 e. The van der Waals surface area contributed by atoms with Gasteiger partial charge in [0, 0.05) is 17.6 Å². The van der Waals surface area contributed by atoms with E-state index >= 15 is 0 Å². The molecule has 1 unspecified atom stereocenters. The van der Waals surface area contributed by atoms with Gasteiger partial charge >= 0.3 is 0 Å². The van der Waals surface area contributed by atoms with Crippen LogP contribution in [0.5, 0.6) is 0 Å². The molecule has 3 aliphatic rings. The Kier molecular flexibility index (Phi) is 3.94. The fourth-order valence-corrected chi connectivity index (χ4v) is 4.79. The number of piperidine rings is 1. The highest BCUT2D eigenvalue weighted by Crippen LogP contribution is 2.38. The number of hydrogen-bond donors (Lipinski definition) is 0. The molecule has 1 amide bonds. The Morgan fingerprint density at radius 1 is 1.12 bits per heavy atom. The van der Waals surface area contributed by atoms with E-state index in [1.165, 1.54) is 32.4 Å². The molecule has 0 N–H and O–H groups in total. The SMILES string of the molecule is O=C(c1nccc2ccccc12)N1CC2(CC(N3CCCCC3)CO2)C1. The highest BCUT2D eigenvalue weighted by Gasteiger charge is 2.52. The van der Waals surface area contributed by atoms with E-state index in [0.717, 1.165) is 23.8 Å². The van der Waals surface area contributed by atoms with Crippen LogP contribution in [-0.2, 0) is 4.74 Å². The zero-order valence-electron chi connectivity index (χ0n) is 15.1. The highest BCUT2D eigenvalue weighted by molar-refractivity contribution is 6.05. The Bertz CT molecular complexity index is 820. The summed E-state index contributed by atoms with van der Waals surface area (Å²) in [7, 11) is 0. The Hall–Kier alpha value is -1.98. The molecule has 3 fully saturated rings. The summed E-state index contributed by atoms with van der Waals surface area (Å²) >= 11 is 0. The van der Waals surface area contributed by atoms with Crippen LogP contribution in [0.2, 0.25) is 0 Å². The minimum absolute atomic E-state index is 0.0254. The molecule has 5 heteroatoms. The van der Waals surface area contributed by atoms with Crippen LogP contribution >= 0.6 is 0 Å². The minimum atomic E-state index is -0.123. The summed E-state index contributed by atoms with van der Waals surface area (Å²) in [4.78, 5) is 21.8. The average Bonchev–Trinajstić information content (AvgIpc) is 3.12. The summed E-state index contributed by atoms with van der Waals surface area (Å²) < 4.78 is 6.19. The van der Waals surface area contributed by atoms with Crippen molar-refractivity contribution in [3.05, 3.63) is 42.2 Å². The van der Waals surface area contributed by atoms with E-state index in [9.17, 15) is 4.79 Å². The zero-order chi connectivity index (χ0) is 17.6. The number of rotatable bonds is 2. The fourth-order valence-electron chi connectivity index (χ4n) is 4.79. The average molecular weight is 351 g/mol. The van der Waals surface area contributed by atoms with Gasteiger partial charge in [-0.25, -0.2) is 0 Å². The summed E-state index contributed by atoms with van der Waals surface area (Å²) in [6.45, 7) is 4.61. The molecular formula is C21H25N3O2. The zero-order valence-corrected chi connectivity index (χ0v) is 15.1. The summed E-state index contributed by atoms with van der Waals surface area (Å²) in [6, 6.07) is 10.4. The smallest absolute Gasteiger partial charge is 0.273 e. The number of aromatic nitrogens is 1. The normalized spacial score (nSPS) is 25.5. The van der Waals surface area contributed by atoms with E-state index in [2.05, 4.69) is 9.88 Å². The molecule has 5 rings (SSSR count). The first-order chi connectivity index (χ1) is 12.7. The van der Waals surface area contributed by atoms with Crippen LogP contribution in [0, 0.1) is 0 Å². The van der Waals surface area contributed by atoms with Crippen molar-refractivity contribution in [2.24, 2.45) is 0 Å². The Labute approximate surface area is 153 Å². The van der Waals surface area contributed by atoms with Gasteiger partial charge in [0.1, 0.15) is 11.3 Å². The second kappa shape index (κ2) is 6.32. The summed E-state index contributed by atoms with van der Waals surface area (Å²) in [5.74, 6) is 0.0254. The lowest BCUT2D eigenvalue weighted by Crippen LogP contribution is -2.63. The molecule has 1 atom stereocenters. The van der Waals surface area contributed by atoms with Gasteiger partial charge in [0.05, 0.1) is 19.7 Å². The first-order valence-electron chi connectivity index (χ1n) is 9.75. The van der Waals surface area contributed by atoms with Gasteiger partial charge in [-0.05, 0) is 43.8 Å². The third-order valence-electron chi connectivity index (χ3n) is 6.22. The van der Waals surface area contributed by atoms with Crippen molar-refractivity contribution in [3.8, 4) is 0 Å². The number of likely N-dealkylation sites (tertiary alicyclic amines) is 2. The lowest BCUT2D eigenvalue weighted by Gasteiger charge is -2.47. The molecule has 1 aromatic carbocycles. The Morgan fingerprint density at radius 2 is 1.92 bits per heavy atom. The number of amides is 1. The Balaban J connectivity index is 1.27. The highest BCUT2D eigenvalue weighted by atomic mass is 16.5. The van der Waals surface area contributed by atoms with Gasteiger partial charge in [-0.1, -0.05) is 30.7 Å². The van der Waals surface area contributed by atoms with E-state index in [0.29, 0.717) is 24.8 Å². The van der Waals surface area contributed by atoms with E-state index in [4.69, 9.17) is 4.74 Å². The number of ether oxygens (including phenoxy) is 1. The van der Waals surface area contributed by atoms with Crippen LogP contribution in [0.4, 0.5) is 0 Å². The van der Waals surface area contributed by atoms with Crippen molar-refractivity contribution in [3.63, 3.8) is 0 Å². The molecule has 2 aromatic rings. The van der Waals surface area contributed by atoms with Crippen molar-refractivity contribution in [1.29, 1.82) is 0 Å². The van der Waals surface area contributed by atoms with Crippen LogP contribution in [0.15, 0.2) is 36.5 Å². The van der Waals surface area contributed by atoms with Crippen LogP contribution in [0.3, 0.4) is 0 Å². The van der Waals surface area contributed by atoms with Gasteiger partial charge in [-0.3, -0.25) is 14.7 Å². The maximum atomic E-state index is 13.0. The third kappa shape index (κ3) is 2.70. The fraction of sp³-hybridized carbons (Fsp3) is 0.524. The monoisotopic (exact) mass is 351 g/mol. The van der Waals surface area contributed by atoms with Crippen molar-refractivity contribution < 1.29 is 9.53 Å². The molecule has 5 nitrogen and oxygen atoms in total. The second-order valence-electron chi connectivity index (χ2n) is 7.99. The van der Waals surface area contributed by atoms with Crippen molar-refractivity contribution in [2.45, 2.75) is 37.3 Å². The number of fused-ring (bicyclic) bond motifs is 1. The minimum Gasteiger partial charge on any atom is -0.370 e. The molecule has 4 heterocycles. The van der Waals surface area contributed by atoms with Gasteiger partial charge in [0.2, 0.25) is 0 Å². The number of benzene rings is 1.